The molecule has 0 saturated heterocycles. The molecule has 2 aromatic carbocycles. The number of hydrogen-bond acceptors (Lipinski definition) is 4. The van der Waals surface area contributed by atoms with Crippen molar-refractivity contribution in [3.8, 4) is 0 Å². The molecule has 0 saturated carbocycles. The average Bonchev–Trinajstić information content (AvgIpc) is 2.40. The number of nitro benzene ring substituents is 1. The zero-order chi connectivity index (χ0) is 15.6. The summed E-state index contributed by atoms with van der Waals surface area (Å²) in [6.45, 7) is 0. The molecule has 0 aliphatic rings. The second-order valence-corrected chi connectivity index (χ2v) is 4.54. The van der Waals surface area contributed by atoms with Crippen molar-refractivity contribution in [1.29, 1.82) is 0 Å². The highest BCUT2D eigenvalue weighted by atomic mass is 35.5. The van der Waals surface area contributed by atoms with Crippen LogP contribution in [0.1, 0.15) is 10.4 Å². The van der Waals surface area contributed by atoms with Gasteiger partial charge in [-0.05, 0) is 24.3 Å². The van der Waals surface area contributed by atoms with Crippen LogP contribution in [0.3, 0.4) is 0 Å². The zero-order valence-electron chi connectivity index (χ0n) is 10.5. The summed E-state index contributed by atoms with van der Waals surface area (Å²) in [5.74, 6) is -1.55. The van der Waals surface area contributed by atoms with E-state index in [1.54, 1.807) is 0 Å². The highest BCUT2D eigenvalue weighted by Gasteiger charge is 2.15. The van der Waals surface area contributed by atoms with E-state index in [9.17, 15) is 19.3 Å². The maximum absolute atomic E-state index is 13.7. The van der Waals surface area contributed by atoms with Crippen molar-refractivity contribution in [2.45, 2.75) is 0 Å². The lowest BCUT2D eigenvalue weighted by molar-refractivity contribution is -0.385. The lowest BCUT2D eigenvalue weighted by atomic mass is 10.1. The van der Waals surface area contributed by atoms with E-state index in [-0.39, 0.29) is 16.9 Å². The Hall–Kier alpha value is -2.67. The monoisotopic (exact) mass is 309 g/mol. The Kier molecular flexibility index (Phi) is 4.04. The molecule has 0 aromatic heterocycles. The molecule has 0 aliphatic heterocycles. The summed E-state index contributed by atoms with van der Waals surface area (Å²) in [5, 5.41) is 13.2. The number of non-ortho nitro benzene ring substituents is 1. The summed E-state index contributed by atoms with van der Waals surface area (Å²) in [4.78, 5) is 21.8. The van der Waals surface area contributed by atoms with Gasteiger partial charge in [-0.15, -0.1) is 0 Å². The molecule has 1 amide bonds. The standard InChI is InChI=1S/C13H9ClFN3O3/c14-7-1-3-9(11(16)5-7)13(19)17-12-4-2-8(18(20)21)6-10(12)15/h1-6H,16H2,(H,17,19). The van der Waals surface area contributed by atoms with Gasteiger partial charge in [0.05, 0.1) is 22.2 Å². The van der Waals surface area contributed by atoms with Gasteiger partial charge < -0.3 is 11.1 Å². The molecular formula is C13H9ClFN3O3. The molecule has 2 rings (SSSR count). The number of nitrogen functional groups attached to an aromatic ring is 1. The van der Waals surface area contributed by atoms with Gasteiger partial charge in [0, 0.05) is 16.8 Å². The number of rotatable bonds is 3. The molecule has 0 fully saturated rings. The average molecular weight is 310 g/mol. The first-order valence-corrected chi connectivity index (χ1v) is 6.06. The van der Waals surface area contributed by atoms with Crippen molar-refractivity contribution < 1.29 is 14.1 Å². The first kappa shape index (κ1) is 14.7. The number of nitrogens with zero attached hydrogens (tertiary/aromatic N) is 1. The van der Waals surface area contributed by atoms with Crippen LogP contribution < -0.4 is 11.1 Å². The van der Waals surface area contributed by atoms with Crippen LogP contribution in [0.25, 0.3) is 0 Å². The number of carbonyl (C=O) groups excluding carboxylic acids is 1. The molecule has 0 heterocycles. The number of anilines is 2. The highest BCUT2D eigenvalue weighted by molar-refractivity contribution is 6.31. The van der Waals surface area contributed by atoms with E-state index in [2.05, 4.69) is 5.32 Å². The van der Waals surface area contributed by atoms with Gasteiger partial charge in [-0.25, -0.2) is 4.39 Å². The number of nitrogens with one attached hydrogen (secondary N) is 1. The number of amides is 1. The summed E-state index contributed by atoms with van der Waals surface area (Å²) < 4.78 is 13.7. The van der Waals surface area contributed by atoms with E-state index in [0.717, 1.165) is 18.2 Å². The van der Waals surface area contributed by atoms with Gasteiger partial charge >= 0.3 is 0 Å². The van der Waals surface area contributed by atoms with Gasteiger partial charge in [-0.1, -0.05) is 11.6 Å². The van der Waals surface area contributed by atoms with Crippen LogP contribution in [0.5, 0.6) is 0 Å². The molecule has 6 nitrogen and oxygen atoms in total. The molecule has 21 heavy (non-hydrogen) atoms. The fraction of sp³-hybridized carbons (Fsp3) is 0. The van der Waals surface area contributed by atoms with Gasteiger partial charge in [0.15, 0.2) is 5.82 Å². The van der Waals surface area contributed by atoms with Gasteiger partial charge in [-0.3, -0.25) is 14.9 Å². The fourth-order valence-corrected chi connectivity index (χ4v) is 1.83. The molecule has 2 aromatic rings. The molecule has 0 radical (unpaired) electrons. The molecule has 0 atom stereocenters. The van der Waals surface area contributed by atoms with Crippen LogP contribution in [-0.4, -0.2) is 10.8 Å². The second kappa shape index (κ2) is 5.76. The molecule has 3 N–H and O–H groups in total. The second-order valence-electron chi connectivity index (χ2n) is 4.11. The van der Waals surface area contributed by atoms with Gasteiger partial charge in [0.1, 0.15) is 0 Å². The van der Waals surface area contributed by atoms with Crippen molar-refractivity contribution in [3.05, 3.63) is 62.9 Å². The van der Waals surface area contributed by atoms with Crippen molar-refractivity contribution in [2.24, 2.45) is 0 Å². The Labute approximate surface area is 123 Å². The Morgan fingerprint density at radius 3 is 2.57 bits per heavy atom. The molecule has 0 unspecified atom stereocenters. The quantitative estimate of drug-likeness (QED) is 0.516. The third kappa shape index (κ3) is 3.26. The summed E-state index contributed by atoms with van der Waals surface area (Å²) in [6.07, 6.45) is 0. The number of benzene rings is 2. The third-order valence-corrected chi connectivity index (χ3v) is 2.91. The molecule has 108 valence electrons. The van der Waals surface area contributed by atoms with Crippen molar-refractivity contribution in [3.63, 3.8) is 0 Å². The largest absolute Gasteiger partial charge is 0.398 e. The number of nitro groups is 1. The SMILES string of the molecule is Nc1cc(Cl)ccc1C(=O)Nc1ccc([N+](=O)[O-])cc1F. The first-order valence-electron chi connectivity index (χ1n) is 5.69. The Morgan fingerprint density at radius 1 is 1.29 bits per heavy atom. The van der Waals surface area contributed by atoms with E-state index in [1.807, 2.05) is 0 Å². The van der Waals surface area contributed by atoms with E-state index in [0.29, 0.717) is 5.02 Å². The van der Waals surface area contributed by atoms with Crippen LogP contribution in [0.4, 0.5) is 21.5 Å². The maximum atomic E-state index is 13.7. The number of carbonyl (C=O) groups is 1. The summed E-state index contributed by atoms with van der Waals surface area (Å²) >= 11 is 5.72. The lowest BCUT2D eigenvalue weighted by Gasteiger charge is -2.08. The van der Waals surface area contributed by atoms with Crippen molar-refractivity contribution in [2.75, 3.05) is 11.1 Å². The minimum Gasteiger partial charge on any atom is -0.398 e. The van der Waals surface area contributed by atoms with Crippen LogP contribution >= 0.6 is 11.6 Å². The number of nitrogens with two attached hydrogens (primary N) is 1. The van der Waals surface area contributed by atoms with Crippen LogP contribution in [0, 0.1) is 15.9 Å². The van der Waals surface area contributed by atoms with Crippen LogP contribution in [0.15, 0.2) is 36.4 Å². The Bertz CT molecular complexity index is 737. The predicted octanol–water partition coefficient (Wildman–Crippen LogP) is 3.22. The maximum Gasteiger partial charge on any atom is 0.272 e. The third-order valence-electron chi connectivity index (χ3n) is 2.67. The molecular weight excluding hydrogens is 301 g/mol. The van der Waals surface area contributed by atoms with Crippen molar-refractivity contribution in [1.82, 2.24) is 0 Å². The van der Waals surface area contributed by atoms with E-state index < -0.39 is 22.3 Å². The van der Waals surface area contributed by atoms with E-state index in [1.165, 1.54) is 18.2 Å². The van der Waals surface area contributed by atoms with E-state index >= 15 is 0 Å². The van der Waals surface area contributed by atoms with Gasteiger partial charge in [0.2, 0.25) is 0 Å². The summed E-state index contributed by atoms with van der Waals surface area (Å²) in [6, 6.07) is 7.18. The number of hydrogen-bond donors (Lipinski definition) is 2. The molecule has 0 bridgehead atoms. The number of halogens is 2. The minimum atomic E-state index is -0.912. The molecule has 8 heteroatoms. The summed E-state index contributed by atoms with van der Waals surface area (Å²) in [7, 11) is 0. The predicted molar refractivity (Wildman–Crippen MR) is 76.9 cm³/mol. The zero-order valence-corrected chi connectivity index (χ0v) is 11.2. The minimum absolute atomic E-state index is 0.122. The Balaban J connectivity index is 2.25. The smallest absolute Gasteiger partial charge is 0.272 e. The van der Waals surface area contributed by atoms with Crippen molar-refractivity contribution >= 4 is 34.6 Å². The topological polar surface area (TPSA) is 98.3 Å². The fourth-order valence-electron chi connectivity index (χ4n) is 1.65. The Morgan fingerprint density at radius 2 is 2.00 bits per heavy atom. The van der Waals surface area contributed by atoms with Gasteiger partial charge in [-0.2, -0.15) is 0 Å². The highest BCUT2D eigenvalue weighted by Crippen LogP contribution is 2.23. The van der Waals surface area contributed by atoms with E-state index in [4.69, 9.17) is 17.3 Å². The summed E-state index contributed by atoms with van der Waals surface area (Å²) in [5.41, 5.74) is 5.33. The van der Waals surface area contributed by atoms with Crippen LogP contribution in [0.2, 0.25) is 5.02 Å². The molecule has 0 spiro atoms. The van der Waals surface area contributed by atoms with Crippen LogP contribution in [-0.2, 0) is 0 Å². The lowest BCUT2D eigenvalue weighted by Crippen LogP contribution is -2.15. The molecule has 0 aliphatic carbocycles. The normalized spacial score (nSPS) is 10.2. The first-order chi connectivity index (χ1) is 9.88. The van der Waals surface area contributed by atoms with Gasteiger partial charge in [0.25, 0.3) is 11.6 Å².